The molecule has 0 spiro atoms. The van der Waals surface area contributed by atoms with Gasteiger partial charge in [0.25, 0.3) is 0 Å². The molecular weight excluding hydrogens is 224 g/mol. The molecule has 0 aromatic heterocycles. The molecule has 0 aliphatic rings. The van der Waals surface area contributed by atoms with Crippen LogP contribution in [-0.2, 0) is 0 Å². The molecular formula is C14H18N2Si. The first-order valence-electron chi connectivity index (χ1n) is 5.73. The summed E-state index contributed by atoms with van der Waals surface area (Å²) in [7, 11) is -1.79. The van der Waals surface area contributed by atoms with E-state index in [2.05, 4.69) is 25.2 Å². The highest BCUT2D eigenvalue weighted by atomic mass is 28.3. The fourth-order valence-electron chi connectivity index (χ4n) is 2.28. The van der Waals surface area contributed by atoms with Gasteiger partial charge in [0.1, 0.15) is 8.07 Å². The maximum Gasteiger partial charge on any atom is 0.117 e. The Morgan fingerprint density at radius 3 is 1.41 bits per heavy atom. The highest BCUT2D eigenvalue weighted by Crippen LogP contribution is 2.13. The van der Waals surface area contributed by atoms with Crippen LogP contribution < -0.4 is 21.8 Å². The molecule has 0 aliphatic heterocycles. The van der Waals surface area contributed by atoms with Gasteiger partial charge < -0.3 is 11.5 Å². The summed E-state index contributed by atoms with van der Waals surface area (Å²) in [4.78, 5) is 0. The Morgan fingerprint density at radius 2 is 1.06 bits per heavy atom. The Labute approximate surface area is 103 Å². The Kier molecular flexibility index (Phi) is 2.94. The largest absolute Gasteiger partial charge is 0.399 e. The van der Waals surface area contributed by atoms with Crippen LogP contribution in [0.2, 0.25) is 13.1 Å². The number of nitrogen functional groups attached to an aromatic ring is 2. The van der Waals surface area contributed by atoms with Gasteiger partial charge in [-0.25, -0.2) is 0 Å². The molecule has 0 aliphatic carbocycles. The standard InChI is InChI=1S/C14H18N2Si/c1-17(2,13-9-5-3-7-11(13)15)14-10-6-4-8-12(14)16/h3-10H,15-16H2,1-2H3. The Hall–Kier alpha value is -1.74. The second kappa shape index (κ2) is 4.26. The molecule has 17 heavy (non-hydrogen) atoms. The summed E-state index contributed by atoms with van der Waals surface area (Å²) in [6.07, 6.45) is 0. The van der Waals surface area contributed by atoms with Crippen LogP contribution in [-0.4, -0.2) is 8.07 Å². The van der Waals surface area contributed by atoms with Crippen LogP contribution in [0.4, 0.5) is 11.4 Å². The lowest BCUT2D eigenvalue weighted by atomic mass is 10.3. The Bertz CT molecular complexity index is 488. The molecule has 0 radical (unpaired) electrons. The average molecular weight is 242 g/mol. The van der Waals surface area contributed by atoms with Crippen LogP contribution in [0.25, 0.3) is 0 Å². The molecule has 0 amide bonds. The monoisotopic (exact) mass is 242 g/mol. The average Bonchev–Trinajstić information content (AvgIpc) is 2.29. The molecule has 3 heteroatoms. The van der Waals surface area contributed by atoms with Crippen molar-refractivity contribution in [3.8, 4) is 0 Å². The van der Waals surface area contributed by atoms with Gasteiger partial charge in [-0.05, 0) is 22.5 Å². The highest BCUT2D eigenvalue weighted by Gasteiger charge is 2.29. The van der Waals surface area contributed by atoms with E-state index >= 15 is 0 Å². The van der Waals surface area contributed by atoms with Crippen LogP contribution in [0.3, 0.4) is 0 Å². The van der Waals surface area contributed by atoms with Crippen molar-refractivity contribution in [2.75, 3.05) is 11.5 Å². The van der Waals surface area contributed by atoms with E-state index in [1.807, 2.05) is 36.4 Å². The fraction of sp³-hybridized carbons (Fsp3) is 0.143. The van der Waals surface area contributed by atoms with E-state index in [4.69, 9.17) is 11.5 Å². The summed E-state index contributed by atoms with van der Waals surface area (Å²) >= 11 is 0. The molecule has 0 unspecified atom stereocenters. The minimum Gasteiger partial charge on any atom is -0.399 e. The van der Waals surface area contributed by atoms with Gasteiger partial charge in [0.2, 0.25) is 0 Å². The summed E-state index contributed by atoms with van der Waals surface area (Å²) in [5.74, 6) is 0. The van der Waals surface area contributed by atoms with Gasteiger partial charge in [0.15, 0.2) is 0 Å². The topological polar surface area (TPSA) is 52.0 Å². The van der Waals surface area contributed by atoms with E-state index in [9.17, 15) is 0 Å². The molecule has 88 valence electrons. The van der Waals surface area contributed by atoms with Gasteiger partial charge in [-0.2, -0.15) is 0 Å². The number of hydrogen-bond acceptors (Lipinski definition) is 2. The number of rotatable bonds is 2. The maximum absolute atomic E-state index is 6.09. The van der Waals surface area contributed by atoms with Crippen LogP contribution in [0.1, 0.15) is 0 Å². The second-order valence-electron chi connectivity index (χ2n) is 4.80. The van der Waals surface area contributed by atoms with Gasteiger partial charge in [0, 0.05) is 11.4 Å². The van der Waals surface area contributed by atoms with Crippen LogP contribution >= 0.6 is 0 Å². The van der Waals surface area contributed by atoms with E-state index in [1.165, 1.54) is 10.4 Å². The van der Waals surface area contributed by atoms with Crippen molar-refractivity contribution in [2.45, 2.75) is 13.1 Å². The third-order valence-corrected chi connectivity index (χ3v) is 6.87. The number of hydrogen-bond donors (Lipinski definition) is 2. The first kappa shape index (κ1) is 11.7. The van der Waals surface area contributed by atoms with Crippen LogP contribution in [0.15, 0.2) is 48.5 Å². The summed E-state index contributed by atoms with van der Waals surface area (Å²) in [5, 5.41) is 2.50. The molecule has 0 atom stereocenters. The van der Waals surface area contributed by atoms with Crippen molar-refractivity contribution >= 4 is 29.8 Å². The first-order chi connectivity index (χ1) is 8.03. The molecule has 2 rings (SSSR count). The molecule has 0 saturated carbocycles. The van der Waals surface area contributed by atoms with Gasteiger partial charge in [-0.1, -0.05) is 49.5 Å². The summed E-state index contributed by atoms with van der Waals surface area (Å²) in [6, 6.07) is 16.2. The predicted molar refractivity (Wildman–Crippen MR) is 78.5 cm³/mol. The first-order valence-corrected chi connectivity index (χ1v) is 8.73. The van der Waals surface area contributed by atoms with Gasteiger partial charge in [-0.3, -0.25) is 0 Å². The minimum atomic E-state index is -1.79. The molecule has 4 N–H and O–H groups in total. The Balaban J connectivity index is 2.58. The summed E-state index contributed by atoms with van der Waals surface area (Å²) in [6.45, 7) is 4.56. The van der Waals surface area contributed by atoms with E-state index in [1.54, 1.807) is 0 Å². The van der Waals surface area contributed by atoms with Crippen LogP contribution in [0, 0.1) is 0 Å². The van der Waals surface area contributed by atoms with Crippen LogP contribution in [0.5, 0.6) is 0 Å². The molecule has 2 aromatic rings. The SMILES string of the molecule is C[Si](C)(c1ccccc1N)c1ccccc1N. The molecule has 0 bridgehead atoms. The quantitative estimate of drug-likeness (QED) is 0.622. The van der Waals surface area contributed by atoms with Gasteiger partial charge in [-0.15, -0.1) is 0 Å². The van der Waals surface area contributed by atoms with Crippen molar-refractivity contribution in [1.29, 1.82) is 0 Å². The zero-order chi connectivity index (χ0) is 12.5. The third-order valence-electron chi connectivity index (χ3n) is 3.27. The lowest BCUT2D eigenvalue weighted by molar-refractivity contribution is 1.65. The number of nitrogens with two attached hydrogens (primary N) is 2. The maximum atomic E-state index is 6.09. The van der Waals surface area contributed by atoms with E-state index < -0.39 is 8.07 Å². The molecule has 0 heterocycles. The molecule has 0 saturated heterocycles. The normalized spacial score (nSPS) is 11.4. The van der Waals surface area contributed by atoms with E-state index in [0.717, 1.165) is 11.4 Å². The van der Waals surface area contributed by atoms with Crippen molar-refractivity contribution in [3.05, 3.63) is 48.5 Å². The zero-order valence-corrected chi connectivity index (χ0v) is 11.3. The van der Waals surface area contributed by atoms with Gasteiger partial charge in [0.05, 0.1) is 0 Å². The van der Waals surface area contributed by atoms with E-state index in [0.29, 0.717) is 0 Å². The van der Waals surface area contributed by atoms with Crippen molar-refractivity contribution in [2.24, 2.45) is 0 Å². The fourth-order valence-corrected chi connectivity index (χ4v) is 5.20. The highest BCUT2D eigenvalue weighted by molar-refractivity contribution is 7.02. The predicted octanol–water partition coefficient (Wildman–Crippen LogP) is 1.67. The van der Waals surface area contributed by atoms with Gasteiger partial charge >= 0.3 is 0 Å². The third kappa shape index (κ3) is 2.06. The lowest BCUT2D eigenvalue weighted by Crippen LogP contribution is -2.54. The van der Waals surface area contributed by atoms with Crippen molar-refractivity contribution in [3.63, 3.8) is 0 Å². The minimum absolute atomic E-state index is 0.868. The summed E-state index contributed by atoms with van der Waals surface area (Å²) in [5.41, 5.74) is 13.9. The van der Waals surface area contributed by atoms with Crippen molar-refractivity contribution < 1.29 is 0 Å². The van der Waals surface area contributed by atoms with Crippen molar-refractivity contribution in [1.82, 2.24) is 0 Å². The zero-order valence-electron chi connectivity index (χ0n) is 10.3. The number of para-hydroxylation sites is 2. The lowest BCUT2D eigenvalue weighted by Gasteiger charge is -2.26. The van der Waals surface area contributed by atoms with E-state index in [-0.39, 0.29) is 0 Å². The molecule has 2 nitrogen and oxygen atoms in total. The molecule has 0 fully saturated rings. The summed E-state index contributed by atoms with van der Waals surface area (Å²) < 4.78 is 0. The number of benzene rings is 2. The smallest absolute Gasteiger partial charge is 0.117 e. The Morgan fingerprint density at radius 1 is 0.706 bits per heavy atom. The molecule has 2 aromatic carbocycles. The number of anilines is 2. The second-order valence-corrected chi connectivity index (χ2v) is 9.13.